The van der Waals surface area contributed by atoms with Crippen LogP contribution < -0.4 is 5.32 Å². The van der Waals surface area contributed by atoms with Crippen LogP contribution in [0.4, 0.5) is 18.9 Å². The van der Waals surface area contributed by atoms with Gasteiger partial charge in [0.25, 0.3) is 0 Å². The minimum atomic E-state index is -4.40. The first kappa shape index (κ1) is 20.1. The Labute approximate surface area is 173 Å². The van der Waals surface area contributed by atoms with Crippen LogP contribution in [0.25, 0.3) is 0 Å². The SMILES string of the molecule is O=C(C[C@@H](c1ccc(C(F)(F)F)cc1)c1ccccn1)c1ccc2c(c1)NCCC2. The molecule has 0 bridgehead atoms. The Bertz CT molecular complexity index is 1030. The molecule has 1 aromatic heterocycles. The minimum Gasteiger partial charge on any atom is -0.385 e. The number of hydrogen-bond acceptors (Lipinski definition) is 3. The lowest BCUT2D eigenvalue weighted by Gasteiger charge is -2.20. The second-order valence-corrected chi connectivity index (χ2v) is 7.46. The molecule has 6 heteroatoms. The molecule has 154 valence electrons. The molecule has 0 fully saturated rings. The summed E-state index contributed by atoms with van der Waals surface area (Å²) in [6.07, 6.45) is -0.596. The number of carbonyl (C=O) groups is 1. The van der Waals surface area contributed by atoms with Gasteiger partial charge in [0.1, 0.15) is 0 Å². The van der Waals surface area contributed by atoms with Crippen molar-refractivity contribution < 1.29 is 18.0 Å². The van der Waals surface area contributed by atoms with Crippen molar-refractivity contribution in [2.75, 3.05) is 11.9 Å². The molecule has 2 heterocycles. The van der Waals surface area contributed by atoms with Crippen LogP contribution in [0.3, 0.4) is 0 Å². The molecule has 3 nitrogen and oxygen atoms in total. The highest BCUT2D eigenvalue weighted by molar-refractivity contribution is 5.98. The summed E-state index contributed by atoms with van der Waals surface area (Å²) in [5, 5.41) is 3.32. The Morgan fingerprint density at radius 3 is 2.57 bits per heavy atom. The van der Waals surface area contributed by atoms with E-state index in [4.69, 9.17) is 0 Å². The lowest BCUT2D eigenvalue weighted by Crippen LogP contribution is -2.14. The zero-order valence-corrected chi connectivity index (χ0v) is 16.2. The van der Waals surface area contributed by atoms with E-state index in [0.717, 1.165) is 37.2 Å². The number of carbonyl (C=O) groups excluding carboxylic acids is 1. The molecule has 0 saturated carbocycles. The highest BCUT2D eigenvalue weighted by atomic mass is 19.4. The quantitative estimate of drug-likeness (QED) is 0.536. The molecule has 0 aliphatic carbocycles. The first-order chi connectivity index (χ1) is 14.4. The zero-order chi connectivity index (χ0) is 21.1. The molecule has 0 unspecified atom stereocenters. The Morgan fingerprint density at radius 2 is 1.87 bits per heavy atom. The van der Waals surface area contributed by atoms with Crippen LogP contribution in [-0.4, -0.2) is 17.3 Å². The summed E-state index contributed by atoms with van der Waals surface area (Å²) in [5.74, 6) is -0.495. The fraction of sp³-hybridized carbons (Fsp3) is 0.250. The van der Waals surface area contributed by atoms with Crippen molar-refractivity contribution in [3.8, 4) is 0 Å². The average Bonchev–Trinajstić information content (AvgIpc) is 2.77. The van der Waals surface area contributed by atoms with Gasteiger partial charge < -0.3 is 5.32 Å². The third-order valence-corrected chi connectivity index (χ3v) is 5.44. The van der Waals surface area contributed by atoms with E-state index < -0.39 is 17.7 Å². The van der Waals surface area contributed by atoms with E-state index in [9.17, 15) is 18.0 Å². The maximum Gasteiger partial charge on any atom is 0.416 e. The number of halogens is 3. The normalized spacial score (nSPS) is 14.5. The number of aromatic nitrogens is 1. The van der Waals surface area contributed by atoms with Crippen molar-refractivity contribution in [3.63, 3.8) is 0 Å². The number of anilines is 1. The van der Waals surface area contributed by atoms with Crippen LogP contribution >= 0.6 is 0 Å². The highest BCUT2D eigenvalue weighted by Crippen LogP contribution is 2.33. The molecule has 3 aromatic rings. The van der Waals surface area contributed by atoms with Crippen LogP contribution in [0.1, 0.15) is 51.5 Å². The van der Waals surface area contributed by atoms with Gasteiger partial charge in [-0.2, -0.15) is 13.2 Å². The van der Waals surface area contributed by atoms with Crippen molar-refractivity contribution in [1.29, 1.82) is 0 Å². The van der Waals surface area contributed by atoms with Crippen LogP contribution in [0.15, 0.2) is 66.9 Å². The summed E-state index contributed by atoms with van der Waals surface area (Å²) in [6.45, 7) is 0.882. The van der Waals surface area contributed by atoms with Gasteiger partial charge in [-0.1, -0.05) is 30.3 Å². The maximum atomic E-state index is 13.1. The van der Waals surface area contributed by atoms with Crippen molar-refractivity contribution in [1.82, 2.24) is 4.98 Å². The van der Waals surface area contributed by atoms with Crippen LogP contribution in [0.5, 0.6) is 0 Å². The molecule has 4 rings (SSSR count). The molecular weight excluding hydrogens is 389 g/mol. The van der Waals surface area contributed by atoms with Crippen molar-refractivity contribution in [2.45, 2.75) is 31.4 Å². The Kier molecular flexibility index (Phi) is 5.57. The fourth-order valence-electron chi connectivity index (χ4n) is 3.82. The molecule has 0 saturated heterocycles. The molecule has 1 aliphatic heterocycles. The van der Waals surface area contributed by atoms with E-state index >= 15 is 0 Å². The number of rotatable bonds is 5. The third kappa shape index (κ3) is 4.37. The van der Waals surface area contributed by atoms with Crippen molar-refractivity contribution in [2.24, 2.45) is 0 Å². The molecule has 0 spiro atoms. The number of aryl methyl sites for hydroxylation is 1. The number of hydrogen-bond donors (Lipinski definition) is 1. The van der Waals surface area contributed by atoms with E-state index in [1.165, 1.54) is 17.7 Å². The number of alkyl halides is 3. The zero-order valence-electron chi connectivity index (χ0n) is 16.2. The Morgan fingerprint density at radius 1 is 1.07 bits per heavy atom. The molecule has 0 radical (unpaired) electrons. The summed E-state index contributed by atoms with van der Waals surface area (Å²) < 4.78 is 38.8. The maximum absolute atomic E-state index is 13.1. The Balaban J connectivity index is 1.63. The van der Waals surface area contributed by atoms with E-state index in [-0.39, 0.29) is 12.2 Å². The summed E-state index contributed by atoms with van der Waals surface area (Å²) in [5.41, 5.74) is 3.35. The molecule has 2 aromatic carbocycles. The second-order valence-electron chi connectivity index (χ2n) is 7.46. The number of nitrogens with one attached hydrogen (secondary N) is 1. The number of nitrogens with zero attached hydrogens (tertiary/aromatic N) is 1. The molecule has 0 amide bonds. The standard InChI is InChI=1S/C24H21F3N2O/c25-24(26,27)19-10-8-16(9-11-19)20(21-5-1-2-12-28-21)15-23(30)18-7-6-17-4-3-13-29-22(17)14-18/h1-2,5-12,14,20,29H,3-4,13,15H2/t20-/m0/s1. The van der Waals surface area contributed by atoms with Crippen LogP contribution in [-0.2, 0) is 12.6 Å². The van der Waals surface area contributed by atoms with Gasteiger partial charge in [0.15, 0.2) is 5.78 Å². The van der Waals surface area contributed by atoms with Crippen molar-refractivity contribution >= 4 is 11.5 Å². The van der Waals surface area contributed by atoms with Crippen LogP contribution in [0.2, 0.25) is 0 Å². The van der Waals surface area contributed by atoms with E-state index in [1.54, 1.807) is 18.3 Å². The summed E-state index contributed by atoms with van der Waals surface area (Å²) in [4.78, 5) is 17.4. The first-order valence-corrected chi connectivity index (χ1v) is 9.90. The number of Topliss-reactive ketones (excluding diaryl/α,β-unsaturated/α-hetero) is 1. The van der Waals surface area contributed by atoms with E-state index in [0.29, 0.717) is 16.8 Å². The fourth-order valence-corrected chi connectivity index (χ4v) is 3.82. The molecule has 1 atom stereocenters. The van der Waals surface area contributed by atoms with Crippen molar-refractivity contribution in [3.05, 3.63) is 94.8 Å². The van der Waals surface area contributed by atoms with Gasteiger partial charge in [0, 0.05) is 42.0 Å². The molecular formula is C24H21F3N2O. The van der Waals surface area contributed by atoms with E-state index in [1.807, 2.05) is 24.3 Å². The first-order valence-electron chi connectivity index (χ1n) is 9.90. The van der Waals surface area contributed by atoms with Gasteiger partial charge in [-0.15, -0.1) is 0 Å². The van der Waals surface area contributed by atoms with Gasteiger partial charge >= 0.3 is 6.18 Å². The average molecular weight is 410 g/mol. The van der Waals surface area contributed by atoms with Gasteiger partial charge in [0.05, 0.1) is 5.56 Å². The minimum absolute atomic E-state index is 0.0688. The number of benzene rings is 2. The number of ketones is 1. The second kappa shape index (κ2) is 8.30. The van der Waals surface area contributed by atoms with Crippen LogP contribution in [0, 0.1) is 0 Å². The predicted octanol–water partition coefficient (Wildman–Crippen LogP) is 5.86. The largest absolute Gasteiger partial charge is 0.416 e. The third-order valence-electron chi connectivity index (χ3n) is 5.44. The molecule has 1 aliphatic rings. The number of pyridine rings is 1. The van der Waals surface area contributed by atoms with E-state index in [2.05, 4.69) is 10.3 Å². The predicted molar refractivity (Wildman–Crippen MR) is 110 cm³/mol. The number of fused-ring (bicyclic) bond motifs is 1. The van der Waals surface area contributed by atoms with Gasteiger partial charge in [-0.3, -0.25) is 9.78 Å². The van der Waals surface area contributed by atoms with Gasteiger partial charge in [-0.05, 0) is 54.3 Å². The Hall–Kier alpha value is -3.15. The molecule has 30 heavy (non-hydrogen) atoms. The summed E-state index contributed by atoms with van der Waals surface area (Å²) >= 11 is 0. The highest BCUT2D eigenvalue weighted by Gasteiger charge is 2.30. The summed E-state index contributed by atoms with van der Waals surface area (Å²) in [6, 6.07) is 16.0. The smallest absolute Gasteiger partial charge is 0.385 e. The van der Waals surface area contributed by atoms with Gasteiger partial charge in [0.2, 0.25) is 0 Å². The monoisotopic (exact) mass is 410 g/mol. The van der Waals surface area contributed by atoms with Gasteiger partial charge in [-0.25, -0.2) is 0 Å². The lowest BCUT2D eigenvalue weighted by molar-refractivity contribution is -0.137. The topological polar surface area (TPSA) is 42.0 Å². The lowest BCUT2D eigenvalue weighted by atomic mass is 9.87. The molecule has 1 N–H and O–H groups in total. The summed E-state index contributed by atoms with van der Waals surface area (Å²) in [7, 11) is 0.